The zero-order valence-electron chi connectivity index (χ0n) is 22.4. The Morgan fingerprint density at radius 3 is 2.67 bits per heavy atom. The van der Waals surface area contributed by atoms with E-state index in [9.17, 15) is 14.4 Å². The van der Waals surface area contributed by atoms with E-state index in [-0.39, 0.29) is 28.0 Å². The summed E-state index contributed by atoms with van der Waals surface area (Å²) >= 11 is 0. The fourth-order valence-electron chi connectivity index (χ4n) is 9.84. The van der Waals surface area contributed by atoms with Crippen molar-refractivity contribution in [3.63, 3.8) is 0 Å². The minimum atomic E-state index is -0.283. The van der Waals surface area contributed by atoms with Crippen molar-refractivity contribution in [3.05, 3.63) is 11.6 Å². The highest BCUT2D eigenvalue weighted by molar-refractivity contribution is 5.94. The Morgan fingerprint density at radius 2 is 1.89 bits per heavy atom. The zero-order valence-corrected chi connectivity index (χ0v) is 22.4. The Morgan fingerprint density at radius 1 is 1.06 bits per heavy atom. The summed E-state index contributed by atoms with van der Waals surface area (Å²) in [6, 6.07) is 0. The predicted octanol–water partition coefficient (Wildman–Crippen LogP) is 5.83. The number of fused-ring (bicyclic) bond motifs is 7. The van der Waals surface area contributed by atoms with Gasteiger partial charge in [-0.15, -0.1) is 0 Å². The number of hydrogen-bond acceptors (Lipinski definition) is 6. The quantitative estimate of drug-likeness (QED) is 0.191. The minimum Gasteiger partial charge on any atom is -0.466 e. The molecule has 0 radical (unpaired) electrons. The molecular formula is C30H43NO5. The Labute approximate surface area is 215 Å². The van der Waals surface area contributed by atoms with E-state index in [2.05, 4.69) is 12.1 Å². The van der Waals surface area contributed by atoms with Crippen LogP contribution in [0, 0.1) is 39.9 Å². The first-order valence-corrected chi connectivity index (χ1v) is 14.3. The Hall–Kier alpha value is -1.98. The van der Waals surface area contributed by atoms with Crippen molar-refractivity contribution < 1.29 is 24.0 Å². The minimum absolute atomic E-state index is 0.0857. The van der Waals surface area contributed by atoms with E-state index >= 15 is 0 Å². The Kier molecular flexibility index (Phi) is 6.93. The Balaban J connectivity index is 1.40. The van der Waals surface area contributed by atoms with Crippen LogP contribution in [-0.4, -0.2) is 37.0 Å². The van der Waals surface area contributed by atoms with E-state index in [1.165, 1.54) is 38.2 Å². The smallest absolute Gasteiger partial charge is 0.302 e. The molecule has 0 bridgehead atoms. The van der Waals surface area contributed by atoms with Gasteiger partial charge in [-0.25, -0.2) is 0 Å². The van der Waals surface area contributed by atoms with E-state index in [1.54, 1.807) is 0 Å². The van der Waals surface area contributed by atoms with E-state index in [1.807, 2.05) is 19.2 Å². The standard InChI is InChI=1S/C30H43NO5/c1-20(32)30-12-5-4-7-23(30)18-27-25-9-8-22-17-24(34)10-14-29(22,26(25)11-13-28(27,30)3)19-31-36-16-6-15-35-21(2)33/h17,19,23,25-27H,4-16,18H2,1-3H3/b31-19-/t23-,25-,26+,27+,28+,29-,30+/m1/s1. The lowest BCUT2D eigenvalue weighted by atomic mass is 9.43. The monoisotopic (exact) mass is 497 g/mol. The topological polar surface area (TPSA) is 82.0 Å². The molecule has 0 aromatic rings. The van der Waals surface area contributed by atoms with E-state index < -0.39 is 0 Å². The van der Waals surface area contributed by atoms with Crippen LogP contribution in [-0.2, 0) is 24.0 Å². The number of rotatable bonds is 7. The molecule has 5 rings (SSSR count). The summed E-state index contributed by atoms with van der Waals surface area (Å²) in [5.41, 5.74) is 0.979. The van der Waals surface area contributed by atoms with Crippen molar-refractivity contribution in [1.29, 1.82) is 0 Å². The van der Waals surface area contributed by atoms with Gasteiger partial charge in [0.15, 0.2) is 5.78 Å². The summed E-state index contributed by atoms with van der Waals surface area (Å²) in [5.74, 6) is 2.50. The third kappa shape index (κ3) is 3.89. The maximum Gasteiger partial charge on any atom is 0.302 e. The van der Waals surface area contributed by atoms with Crippen LogP contribution in [0.25, 0.3) is 0 Å². The highest BCUT2D eigenvalue weighted by atomic mass is 16.6. The van der Waals surface area contributed by atoms with E-state index in [4.69, 9.17) is 9.57 Å². The van der Waals surface area contributed by atoms with Crippen LogP contribution in [0.1, 0.15) is 97.8 Å². The molecule has 6 heteroatoms. The van der Waals surface area contributed by atoms with E-state index in [0.717, 1.165) is 38.5 Å². The number of hydrogen-bond donors (Lipinski definition) is 0. The van der Waals surface area contributed by atoms with Crippen molar-refractivity contribution in [2.75, 3.05) is 13.2 Å². The van der Waals surface area contributed by atoms with Gasteiger partial charge < -0.3 is 9.57 Å². The van der Waals surface area contributed by atoms with Gasteiger partial charge in [0, 0.05) is 30.6 Å². The summed E-state index contributed by atoms with van der Waals surface area (Å²) in [6.07, 6.45) is 16.1. The van der Waals surface area contributed by atoms with Crippen LogP contribution < -0.4 is 0 Å². The van der Waals surface area contributed by atoms with Crippen molar-refractivity contribution >= 4 is 23.8 Å². The summed E-state index contributed by atoms with van der Waals surface area (Å²) in [4.78, 5) is 42.3. The van der Waals surface area contributed by atoms with Gasteiger partial charge in [0.1, 0.15) is 12.4 Å². The van der Waals surface area contributed by atoms with Gasteiger partial charge in [-0.05, 0) is 93.5 Å². The third-order valence-electron chi connectivity index (χ3n) is 11.3. The fraction of sp³-hybridized carbons (Fsp3) is 0.800. The molecule has 0 N–H and O–H groups in total. The molecule has 198 valence electrons. The lowest BCUT2D eigenvalue weighted by molar-refractivity contribution is -0.147. The molecule has 0 heterocycles. The van der Waals surface area contributed by atoms with Gasteiger partial charge in [-0.2, -0.15) is 0 Å². The van der Waals surface area contributed by atoms with Gasteiger partial charge in [0.25, 0.3) is 0 Å². The molecule has 0 saturated heterocycles. The number of ether oxygens (including phenoxy) is 1. The second kappa shape index (κ2) is 9.72. The lowest BCUT2D eigenvalue weighted by Crippen LogP contribution is -2.56. The highest BCUT2D eigenvalue weighted by Crippen LogP contribution is 2.73. The molecule has 0 aromatic carbocycles. The Bertz CT molecular complexity index is 970. The fourth-order valence-corrected chi connectivity index (χ4v) is 9.84. The molecule has 0 aromatic heterocycles. The first-order valence-electron chi connectivity index (χ1n) is 14.3. The van der Waals surface area contributed by atoms with Crippen LogP contribution in [0.15, 0.2) is 16.8 Å². The van der Waals surface area contributed by atoms with Crippen LogP contribution in [0.5, 0.6) is 0 Å². The molecule has 0 unspecified atom stereocenters. The number of carbonyl (C=O) groups is 3. The normalized spacial score (nSPS) is 41.5. The van der Waals surface area contributed by atoms with Crippen LogP contribution in [0.3, 0.4) is 0 Å². The van der Waals surface area contributed by atoms with Gasteiger partial charge in [0.2, 0.25) is 0 Å². The summed E-state index contributed by atoms with van der Waals surface area (Å²) < 4.78 is 4.98. The summed E-state index contributed by atoms with van der Waals surface area (Å²) in [5, 5.41) is 4.45. The first-order chi connectivity index (χ1) is 17.2. The number of nitrogens with zero attached hydrogens (tertiary/aromatic N) is 1. The molecule has 6 nitrogen and oxygen atoms in total. The molecule has 5 aliphatic carbocycles. The van der Waals surface area contributed by atoms with Crippen LogP contribution in [0.4, 0.5) is 0 Å². The van der Waals surface area contributed by atoms with E-state index in [0.29, 0.717) is 55.5 Å². The van der Waals surface area contributed by atoms with Crippen molar-refractivity contribution in [2.45, 2.75) is 97.8 Å². The largest absolute Gasteiger partial charge is 0.466 e. The zero-order chi connectivity index (χ0) is 25.6. The number of allylic oxidation sites excluding steroid dienone is 1. The van der Waals surface area contributed by atoms with Gasteiger partial charge in [-0.3, -0.25) is 14.4 Å². The SMILES string of the molecule is CC(=O)OCCCO/N=C\[C@]12CCC(=O)C=C1CC[C@@H]1[C@@H]2CC[C@@]2(C)[C@H]1C[C@H]1CCCC[C@]12C(C)=O. The number of Topliss-reactive ketones (excluding diaryl/α,β-unsaturated/α-hetero) is 1. The van der Waals surface area contributed by atoms with Crippen molar-refractivity contribution in [2.24, 2.45) is 45.1 Å². The second-order valence-corrected chi connectivity index (χ2v) is 12.5. The average Bonchev–Trinajstić information content (AvgIpc) is 3.13. The van der Waals surface area contributed by atoms with Gasteiger partial charge in [0.05, 0.1) is 12.8 Å². The average molecular weight is 498 g/mol. The van der Waals surface area contributed by atoms with Crippen molar-refractivity contribution in [3.8, 4) is 0 Å². The highest BCUT2D eigenvalue weighted by Gasteiger charge is 2.69. The summed E-state index contributed by atoms with van der Waals surface area (Å²) in [7, 11) is 0. The van der Waals surface area contributed by atoms with Gasteiger partial charge >= 0.3 is 5.97 Å². The van der Waals surface area contributed by atoms with Crippen molar-refractivity contribution in [1.82, 2.24) is 0 Å². The molecular weight excluding hydrogens is 454 g/mol. The first kappa shape index (κ1) is 25.7. The maximum atomic E-state index is 13.3. The second-order valence-electron chi connectivity index (χ2n) is 12.5. The molecule has 7 atom stereocenters. The molecule has 5 aliphatic rings. The molecule has 4 saturated carbocycles. The third-order valence-corrected chi connectivity index (χ3v) is 11.3. The molecule has 0 amide bonds. The number of ketones is 2. The molecule has 36 heavy (non-hydrogen) atoms. The maximum absolute atomic E-state index is 13.3. The number of oxime groups is 1. The molecule has 0 aliphatic heterocycles. The molecule has 0 spiro atoms. The number of carbonyl (C=O) groups excluding carboxylic acids is 3. The van der Waals surface area contributed by atoms with Gasteiger partial charge in [-0.1, -0.05) is 30.5 Å². The van der Waals surface area contributed by atoms with Crippen LogP contribution in [0.2, 0.25) is 0 Å². The summed E-state index contributed by atoms with van der Waals surface area (Å²) in [6.45, 7) is 6.47. The number of esters is 1. The predicted molar refractivity (Wildman–Crippen MR) is 137 cm³/mol. The molecule has 4 fully saturated rings. The lowest BCUT2D eigenvalue weighted by Gasteiger charge is -2.60. The van der Waals surface area contributed by atoms with Crippen LogP contribution >= 0.6 is 0 Å².